The van der Waals surface area contributed by atoms with Crippen molar-refractivity contribution in [2.24, 2.45) is 0 Å². The lowest BCUT2D eigenvalue weighted by atomic mass is 10.1. The molecule has 6 heteroatoms. The molecular formula is C18H24FN3O2. The minimum atomic E-state index is -0.322. The summed E-state index contributed by atoms with van der Waals surface area (Å²) in [5, 5.41) is 3.24. The Labute approximate surface area is 141 Å². The minimum absolute atomic E-state index is 0.00566. The van der Waals surface area contributed by atoms with Crippen LogP contribution < -0.4 is 5.32 Å². The first-order chi connectivity index (χ1) is 11.6. The molecule has 0 radical (unpaired) electrons. The van der Waals surface area contributed by atoms with Gasteiger partial charge in [-0.05, 0) is 43.5 Å². The zero-order valence-electron chi connectivity index (χ0n) is 13.8. The van der Waals surface area contributed by atoms with E-state index in [1.165, 1.54) is 12.1 Å². The molecule has 0 saturated carbocycles. The number of carbonyl (C=O) groups is 2. The average Bonchev–Trinajstić information content (AvgIpc) is 2.98. The molecule has 2 saturated heterocycles. The summed E-state index contributed by atoms with van der Waals surface area (Å²) >= 11 is 0. The number of hydrogen-bond acceptors (Lipinski definition) is 3. The molecule has 0 spiro atoms. The van der Waals surface area contributed by atoms with Crippen LogP contribution in [0.2, 0.25) is 0 Å². The fourth-order valence-corrected chi connectivity index (χ4v) is 3.44. The fraction of sp³-hybridized carbons (Fsp3) is 0.556. The van der Waals surface area contributed by atoms with Gasteiger partial charge in [0.15, 0.2) is 0 Å². The van der Waals surface area contributed by atoms with Crippen LogP contribution in [0.4, 0.5) is 4.39 Å². The van der Waals surface area contributed by atoms with Gasteiger partial charge in [0, 0.05) is 26.2 Å². The number of nitrogens with one attached hydrogen (secondary N) is 1. The van der Waals surface area contributed by atoms with Gasteiger partial charge in [-0.25, -0.2) is 4.39 Å². The maximum absolute atomic E-state index is 13.2. The molecule has 24 heavy (non-hydrogen) atoms. The zero-order valence-corrected chi connectivity index (χ0v) is 13.8. The Bertz CT molecular complexity index is 602. The normalized spacial score (nSPS) is 21.6. The third-order valence-electron chi connectivity index (χ3n) is 4.76. The summed E-state index contributed by atoms with van der Waals surface area (Å²) < 4.78 is 13.2. The van der Waals surface area contributed by atoms with Crippen molar-refractivity contribution >= 4 is 11.8 Å². The van der Waals surface area contributed by atoms with E-state index in [0.29, 0.717) is 31.7 Å². The third kappa shape index (κ3) is 4.12. The standard InChI is InChI=1S/C18H24FN3O2/c19-15-5-1-4-14(12-15)13-17(23)21-8-3-9-22(11-10-21)18(24)16-6-2-7-20-16/h1,4-5,12,16,20H,2-3,6-11,13H2. The van der Waals surface area contributed by atoms with Crippen LogP contribution in [-0.4, -0.2) is 60.4 Å². The summed E-state index contributed by atoms with van der Waals surface area (Å²) in [5.41, 5.74) is 0.687. The summed E-state index contributed by atoms with van der Waals surface area (Å²) in [5.74, 6) is -0.169. The number of benzene rings is 1. The van der Waals surface area contributed by atoms with E-state index in [1.54, 1.807) is 17.0 Å². The second-order valence-electron chi connectivity index (χ2n) is 6.52. The first-order valence-corrected chi connectivity index (χ1v) is 8.68. The average molecular weight is 333 g/mol. The number of nitrogens with zero attached hydrogens (tertiary/aromatic N) is 2. The second kappa shape index (κ2) is 7.75. The zero-order chi connectivity index (χ0) is 16.9. The van der Waals surface area contributed by atoms with Gasteiger partial charge in [-0.1, -0.05) is 12.1 Å². The van der Waals surface area contributed by atoms with E-state index >= 15 is 0 Å². The first kappa shape index (κ1) is 16.9. The summed E-state index contributed by atoms with van der Waals surface area (Å²) in [6.07, 6.45) is 2.93. The predicted molar refractivity (Wildman–Crippen MR) is 88.9 cm³/mol. The number of rotatable bonds is 3. The summed E-state index contributed by atoms with van der Waals surface area (Å²) in [7, 11) is 0. The van der Waals surface area contributed by atoms with E-state index < -0.39 is 0 Å². The van der Waals surface area contributed by atoms with Crippen molar-refractivity contribution in [2.45, 2.75) is 31.7 Å². The third-order valence-corrected chi connectivity index (χ3v) is 4.76. The Hall–Kier alpha value is -1.95. The number of hydrogen-bond donors (Lipinski definition) is 1. The van der Waals surface area contributed by atoms with Gasteiger partial charge in [0.2, 0.25) is 11.8 Å². The highest BCUT2D eigenvalue weighted by molar-refractivity contribution is 5.82. The van der Waals surface area contributed by atoms with E-state index in [1.807, 2.05) is 4.90 Å². The van der Waals surface area contributed by atoms with Crippen molar-refractivity contribution in [1.82, 2.24) is 15.1 Å². The Morgan fingerprint density at radius 1 is 1.12 bits per heavy atom. The van der Waals surface area contributed by atoms with Crippen LogP contribution in [0.1, 0.15) is 24.8 Å². The van der Waals surface area contributed by atoms with Crippen molar-refractivity contribution in [2.75, 3.05) is 32.7 Å². The highest BCUT2D eigenvalue weighted by Gasteiger charge is 2.28. The van der Waals surface area contributed by atoms with Gasteiger partial charge in [0.25, 0.3) is 0 Å². The van der Waals surface area contributed by atoms with Crippen molar-refractivity contribution < 1.29 is 14.0 Å². The van der Waals surface area contributed by atoms with Gasteiger partial charge in [-0.3, -0.25) is 9.59 Å². The second-order valence-corrected chi connectivity index (χ2v) is 6.52. The van der Waals surface area contributed by atoms with E-state index in [4.69, 9.17) is 0 Å². The highest BCUT2D eigenvalue weighted by Crippen LogP contribution is 2.13. The van der Waals surface area contributed by atoms with Crippen LogP contribution in [-0.2, 0) is 16.0 Å². The van der Waals surface area contributed by atoms with Crippen LogP contribution >= 0.6 is 0 Å². The molecule has 1 aromatic carbocycles. The monoisotopic (exact) mass is 333 g/mol. The van der Waals surface area contributed by atoms with Gasteiger partial charge in [-0.2, -0.15) is 0 Å². The molecule has 130 valence electrons. The van der Waals surface area contributed by atoms with Crippen molar-refractivity contribution in [3.63, 3.8) is 0 Å². The Morgan fingerprint density at radius 3 is 2.67 bits per heavy atom. The van der Waals surface area contributed by atoms with E-state index in [2.05, 4.69) is 5.32 Å². The van der Waals surface area contributed by atoms with Crippen molar-refractivity contribution in [1.29, 1.82) is 0 Å². The number of amides is 2. The lowest BCUT2D eigenvalue weighted by molar-refractivity contribution is -0.134. The van der Waals surface area contributed by atoms with E-state index in [0.717, 1.165) is 25.8 Å². The van der Waals surface area contributed by atoms with Crippen LogP contribution in [0.3, 0.4) is 0 Å². The molecule has 1 aromatic rings. The molecule has 2 fully saturated rings. The topological polar surface area (TPSA) is 52.7 Å². The van der Waals surface area contributed by atoms with E-state index in [-0.39, 0.29) is 30.1 Å². The quantitative estimate of drug-likeness (QED) is 0.904. The van der Waals surface area contributed by atoms with Crippen LogP contribution in [0.5, 0.6) is 0 Å². The summed E-state index contributed by atoms with van der Waals surface area (Å²) in [4.78, 5) is 28.6. The SMILES string of the molecule is O=C(Cc1cccc(F)c1)N1CCCN(C(=O)C2CCCN2)CC1. The van der Waals surface area contributed by atoms with Crippen LogP contribution in [0.15, 0.2) is 24.3 Å². The van der Waals surface area contributed by atoms with Crippen LogP contribution in [0, 0.1) is 5.82 Å². The first-order valence-electron chi connectivity index (χ1n) is 8.68. The Kier molecular flexibility index (Phi) is 5.45. The van der Waals surface area contributed by atoms with Crippen molar-refractivity contribution in [3.8, 4) is 0 Å². The highest BCUT2D eigenvalue weighted by atomic mass is 19.1. The van der Waals surface area contributed by atoms with Crippen molar-refractivity contribution in [3.05, 3.63) is 35.6 Å². The fourth-order valence-electron chi connectivity index (χ4n) is 3.44. The van der Waals surface area contributed by atoms with Gasteiger partial charge in [0.05, 0.1) is 12.5 Å². The van der Waals surface area contributed by atoms with E-state index in [9.17, 15) is 14.0 Å². The number of halogens is 1. The summed E-state index contributed by atoms with van der Waals surface area (Å²) in [6.45, 7) is 3.37. The largest absolute Gasteiger partial charge is 0.341 e. The molecule has 3 rings (SSSR count). The predicted octanol–water partition coefficient (Wildman–Crippen LogP) is 1.18. The molecule has 1 unspecified atom stereocenters. The lowest BCUT2D eigenvalue weighted by Gasteiger charge is -2.24. The Morgan fingerprint density at radius 2 is 1.92 bits per heavy atom. The van der Waals surface area contributed by atoms with Gasteiger partial charge < -0.3 is 15.1 Å². The molecule has 2 amide bonds. The van der Waals surface area contributed by atoms with Gasteiger partial charge in [-0.15, -0.1) is 0 Å². The molecule has 2 aliphatic heterocycles. The lowest BCUT2D eigenvalue weighted by Crippen LogP contribution is -2.45. The van der Waals surface area contributed by atoms with Gasteiger partial charge >= 0.3 is 0 Å². The molecule has 0 aromatic heterocycles. The molecule has 2 heterocycles. The summed E-state index contributed by atoms with van der Waals surface area (Å²) in [6, 6.07) is 6.10. The maximum Gasteiger partial charge on any atom is 0.239 e. The van der Waals surface area contributed by atoms with Crippen LogP contribution in [0.25, 0.3) is 0 Å². The molecule has 0 bridgehead atoms. The van der Waals surface area contributed by atoms with Gasteiger partial charge in [0.1, 0.15) is 5.82 Å². The molecule has 5 nitrogen and oxygen atoms in total. The molecule has 0 aliphatic carbocycles. The number of carbonyl (C=O) groups excluding carboxylic acids is 2. The minimum Gasteiger partial charge on any atom is -0.341 e. The molecule has 1 atom stereocenters. The maximum atomic E-state index is 13.2. The Balaban J connectivity index is 1.54. The molecule has 1 N–H and O–H groups in total. The molecule has 2 aliphatic rings. The smallest absolute Gasteiger partial charge is 0.239 e. The molecular weight excluding hydrogens is 309 g/mol.